The molecule has 1 unspecified atom stereocenters. The van der Waals surface area contributed by atoms with Crippen LogP contribution in [-0.2, 0) is 12.7 Å². The van der Waals surface area contributed by atoms with E-state index in [0.29, 0.717) is 12.4 Å². The van der Waals surface area contributed by atoms with Gasteiger partial charge < -0.3 is 21.4 Å². The summed E-state index contributed by atoms with van der Waals surface area (Å²) in [5, 5.41) is 4.26. The number of guanidine groups is 1. The third-order valence-electron chi connectivity index (χ3n) is 3.66. The van der Waals surface area contributed by atoms with Gasteiger partial charge in [0.05, 0.1) is 5.52 Å². The molecule has 0 amide bonds. The first-order valence-electron chi connectivity index (χ1n) is 6.15. The van der Waals surface area contributed by atoms with Gasteiger partial charge in [-0.05, 0) is 41.1 Å². The second-order valence-electron chi connectivity index (χ2n) is 4.87. The normalized spacial score (nSPS) is 22.0. The molecule has 100 valence electrons. The molecule has 19 heavy (non-hydrogen) atoms. The average molecular weight is 369 g/mol. The van der Waals surface area contributed by atoms with E-state index in [0.717, 1.165) is 16.6 Å². The molecule has 0 saturated heterocycles. The van der Waals surface area contributed by atoms with E-state index in [1.54, 1.807) is 0 Å². The highest BCUT2D eigenvalue weighted by molar-refractivity contribution is 14.1. The van der Waals surface area contributed by atoms with Gasteiger partial charge in [-0.1, -0.05) is 6.92 Å². The lowest BCUT2D eigenvalue weighted by molar-refractivity contribution is 0.453. The van der Waals surface area contributed by atoms with Crippen molar-refractivity contribution in [1.29, 1.82) is 0 Å². The van der Waals surface area contributed by atoms with Crippen molar-refractivity contribution in [1.82, 2.24) is 4.57 Å². The number of aryl methyl sites for hydroxylation is 1. The molecule has 1 aromatic carbocycles. The van der Waals surface area contributed by atoms with Gasteiger partial charge >= 0.3 is 0 Å². The number of hydrogen-bond donors (Lipinski definition) is 3. The molecule has 5 nitrogen and oxygen atoms in total. The zero-order valence-electron chi connectivity index (χ0n) is 10.9. The van der Waals surface area contributed by atoms with E-state index in [1.807, 2.05) is 20.2 Å². The van der Waals surface area contributed by atoms with E-state index in [2.05, 4.69) is 49.6 Å². The number of nitrogens with two attached hydrogens (primary N) is 2. The summed E-state index contributed by atoms with van der Waals surface area (Å²) in [6.07, 6.45) is 2.75. The maximum absolute atomic E-state index is 6.47. The minimum absolute atomic E-state index is 0.378. The van der Waals surface area contributed by atoms with Crippen molar-refractivity contribution in [3.8, 4) is 0 Å². The third-order valence-corrected chi connectivity index (χ3v) is 4.49. The van der Waals surface area contributed by atoms with E-state index in [-0.39, 0.29) is 0 Å². The lowest BCUT2D eigenvalue weighted by Gasteiger charge is -2.32. The number of rotatable bonds is 1. The third kappa shape index (κ3) is 1.73. The monoisotopic (exact) mass is 369 g/mol. The van der Waals surface area contributed by atoms with Gasteiger partial charge in [-0.15, -0.1) is 0 Å². The fraction of sp³-hybridized carbons (Fsp3) is 0.308. The predicted octanol–water partition coefficient (Wildman–Crippen LogP) is 2.04. The van der Waals surface area contributed by atoms with Gasteiger partial charge in [0.2, 0.25) is 0 Å². The number of halogens is 1. The minimum Gasteiger partial charge on any atom is -0.370 e. The topological polar surface area (TPSA) is 81.4 Å². The molecule has 1 aromatic heterocycles. The molecule has 5 N–H and O–H groups in total. The van der Waals surface area contributed by atoms with Gasteiger partial charge in [0, 0.05) is 33.5 Å². The van der Waals surface area contributed by atoms with Gasteiger partial charge in [0.1, 0.15) is 5.66 Å². The largest absolute Gasteiger partial charge is 0.370 e. The molecule has 0 radical (unpaired) electrons. The van der Waals surface area contributed by atoms with Crippen molar-refractivity contribution in [2.45, 2.75) is 19.0 Å². The van der Waals surface area contributed by atoms with Gasteiger partial charge in [0.15, 0.2) is 5.96 Å². The Morgan fingerprint density at radius 2 is 2.26 bits per heavy atom. The number of benzene rings is 1. The summed E-state index contributed by atoms with van der Waals surface area (Å²) >= 11 is 2.34. The van der Waals surface area contributed by atoms with Crippen molar-refractivity contribution in [3.63, 3.8) is 0 Å². The number of hydrogen-bond acceptors (Lipinski definition) is 4. The van der Waals surface area contributed by atoms with Gasteiger partial charge in [-0.3, -0.25) is 0 Å². The van der Waals surface area contributed by atoms with Crippen LogP contribution in [0.3, 0.4) is 0 Å². The number of aromatic nitrogens is 1. The van der Waals surface area contributed by atoms with Crippen LogP contribution in [0.1, 0.15) is 18.9 Å². The summed E-state index contributed by atoms with van der Waals surface area (Å²) in [6.45, 7) is 2.03. The van der Waals surface area contributed by atoms with Gasteiger partial charge in [-0.2, -0.15) is 0 Å². The zero-order valence-corrected chi connectivity index (χ0v) is 13.0. The minimum atomic E-state index is -0.755. The van der Waals surface area contributed by atoms with Crippen molar-refractivity contribution in [3.05, 3.63) is 27.5 Å². The first kappa shape index (κ1) is 12.7. The van der Waals surface area contributed by atoms with Crippen LogP contribution in [0.4, 0.5) is 5.69 Å². The number of fused-ring (bicyclic) bond motifs is 3. The summed E-state index contributed by atoms with van der Waals surface area (Å²) in [5.74, 6) is 0.378. The maximum Gasteiger partial charge on any atom is 0.195 e. The molecule has 0 bridgehead atoms. The molecular weight excluding hydrogens is 353 g/mol. The second kappa shape index (κ2) is 4.11. The van der Waals surface area contributed by atoms with Crippen LogP contribution in [0.5, 0.6) is 0 Å². The Labute approximate surface area is 125 Å². The second-order valence-corrected chi connectivity index (χ2v) is 6.03. The first-order valence-corrected chi connectivity index (χ1v) is 7.23. The Balaban J connectivity index is 2.42. The van der Waals surface area contributed by atoms with Crippen LogP contribution < -0.4 is 16.8 Å². The molecule has 1 aliphatic heterocycles. The van der Waals surface area contributed by atoms with Gasteiger partial charge in [0.25, 0.3) is 0 Å². The molecule has 1 atom stereocenters. The highest BCUT2D eigenvalue weighted by Gasteiger charge is 2.34. The number of anilines is 1. The molecule has 6 heteroatoms. The summed E-state index contributed by atoms with van der Waals surface area (Å²) in [5.41, 5.74) is 14.7. The van der Waals surface area contributed by atoms with Crippen molar-refractivity contribution in [2.24, 2.45) is 23.5 Å². The maximum atomic E-state index is 6.47. The summed E-state index contributed by atoms with van der Waals surface area (Å²) in [6, 6.07) is 4.17. The van der Waals surface area contributed by atoms with Crippen molar-refractivity contribution >= 4 is 45.1 Å². The van der Waals surface area contributed by atoms with Crippen LogP contribution in [0.25, 0.3) is 10.9 Å². The molecule has 0 saturated carbocycles. The average Bonchev–Trinajstić information content (AvgIpc) is 2.71. The summed E-state index contributed by atoms with van der Waals surface area (Å²) in [4.78, 5) is 4.41. The lowest BCUT2D eigenvalue weighted by atomic mass is 9.91. The van der Waals surface area contributed by atoms with E-state index >= 15 is 0 Å². The molecule has 3 rings (SSSR count). The van der Waals surface area contributed by atoms with E-state index in [1.165, 1.54) is 9.09 Å². The van der Waals surface area contributed by atoms with Gasteiger partial charge in [-0.25, -0.2) is 4.99 Å². The molecule has 2 heterocycles. The fourth-order valence-electron chi connectivity index (χ4n) is 2.70. The number of aliphatic imine (C=N–C) groups is 1. The van der Waals surface area contributed by atoms with E-state index < -0.39 is 5.66 Å². The molecule has 0 aliphatic carbocycles. The molecular formula is C13H16IN5. The molecule has 2 aromatic rings. The van der Waals surface area contributed by atoms with Crippen LogP contribution in [0.2, 0.25) is 0 Å². The van der Waals surface area contributed by atoms with Crippen LogP contribution >= 0.6 is 22.6 Å². The Kier molecular flexibility index (Phi) is 2.75. The summed E-state index contributed by atoms with van der Waals surface area (Å²) in [7, 11) is 2.04. The highest BCUT2D eigenvalue weighted by Crippen LogP contribution is 2.40. The van der Waals surface area contributed by atoms with E-state index in [4.69, 9.17) is 11.5 Å². The number of nitrogens with one attached hydrogen (secondary N) is 1. The van der Waals surface area contributed by atoms with Crippen molar-refractivity contribution < 1.29 is 0 Å². The highest BCUT2D eigenvalue weighted by atomic mass is 127. The standard InChI is InChI=1S/C13H16IN5/c1-3-13(16)10-7-4-5-19(2)11(7)8(14)6-9(10)17-12(15)18-13/h4-6H,3,16H2,1-2H3,(H3,15,17,18). The Bertz CT molecular complexity index is 703. The number of nitrogens with zero attached hydrogens (tertiary/aromatic N) is 2. The Morgan fingerprint density at radius 3 is 2.95 bits per heavy atom. The zero-order chi connectivity index (χ0) is 13.8. The smallest absolute Gasteiger partial charge is 0.195 e. The van der Waals surface area contributed by atoms with Crippen molar-refractivity contribution in [2.75, 3.05) is 5.32 Å². The first-order chi connectivity index (χ1) is 8.96. The van der Waals surface area contributed by atoms with Crippen LogP contribution in [-0.4, -0.2) is 10.5 Å². The van der Waals surface area contributed by atoms with Crippen LogP contribution in [0.15, 0.2) is 23.3 Å². The predicted molar refractivity (Wildman–Crippen MR) is 87.0 cm³/mol. The van der Waals surface area contributed by atoms with Crippen LogP contribution in [0, 0.1) is 3.57 Å². The SMILES string of the molecule is CCC1(N)N=C(N)Nc2cc(I)c3c(ccn3C)c21. The fourth-order valence-corrected chi connectivity index (χ4v) is 3.68. The molecule has 0 fully saturated rings. The quantitative estimate of drug-likeness (QED) is 0.673. The molecule has 1 aliphatic rings. The Hall–Kier alpha value is -1.28. The summed E-state index contributed by atoms with van der Waals surface area (Å²) < 4.78 is 3.27. The lowest BCUT2D eigenvalue weighted by Crippen LogP contribution is -2.43. The Morgan fingerprint density at radius 1 is 1.53 bits per heavy atom. The molecule has 0 spiro atoms. The van der Waals surface area contributed by atoms with E-state index in [9.17, 15) is 0 Å².